The molecule has 0 N–H and O–H groups in total. The molecule has 4 rings (SSSR count). The van der Waals surface area contributed by atoms with Gasteiger partial charge in [0.25, 0.3) is 5.91 Å². The van der Waals surface area contributed by atoms with E-state index in [1.54, 1.807) is 11.3 Å². The molecule has 0 radical (unpaired) electrons. The van der Waals surface area contributed by atoms with Crippen LogP contribution in [0.3, 0.4) is 0 Å². The molecule has 1 aliphatic heterocycles. The topological polar surface area (TPSA) is 46.3 Å². The molecule has 0 unspecified atom stereocenters. The first kappa shape index (κ1) is 15.4. The monoisotopic (exact) mass is 340 g/mol. The first-order valence-corrected chi connectivity index (χ1v) is 9.15. The second kappa shape index (κ2) is 6.06. The van der Waals surface area contributed by atoms with E-state index in [1.165, 1.54) is 4.70 Å². The maximum Gasteiger partial charge on any atom is 0.257 e. The number of aromatic nitrogens is 1. The van der Waals surface area contributed by atoms with E-state index in [9.17, 15) is 4.79 Å². The van der Waals surface area contributed by atoms with Crippen molar-refractivity contribution in [2.24, 2.45) is 0 Å². The van der Waals surface area contributed by atoms with Crippen LogP contribution in [0.15, 0.2) is 34.7 Å². The summed E-state index contributed by atoms with van der Waals surface area (Å²) in [4.78, 5) is 19.6. The first-order valence-electron chi connectivity index (χ1n) is 8.33. The largest absolute Gasteiger partial charge is 0.466 e. The van der Waals surface area contributed by atoms with Crippen LogP contribution < -0.4 is 0 Å². The lowest BCUT2D eigenvalue weighted by Crippen LogP contribution is -2.39. The number of fused-ring (bicyclic) bond motifs is 1. The number of rotatable bonds is 2. The van der Waals surface area contributed by atoms with Crippen LogP contribution in [0.1, 0.15) is 45.6 Å². The van der Waals surface area contributed by atoms with Gasteiger partial charge >= 0.3 is 0 Å². The van der Waals surface area contributed by atoms with E-state index in [1.807, 2.05) is 36.9 Å². The van der Waals surface area contributed by atoms with Crippen LogP contribution >= 0.6 is 11.3 Å². The summed E-state index contributed by atoms with van der Waals surface area (Å²) >= 11 is 1.75. The molecule has 0 saturated carbocycles. The number of furan rings is 1. The van der Waals surface area contributed by atoms with E-state index in [0.717, 1.165) is 42.2 Å². The van der Waals surface area contributed by atoms with Gasteiger partial charge in [0.2, 0.25) is 0 Å². The van der Waals surface area contributed by atoms with Gasteiger partial charge < -0.3 is 9.32 Å². The van der Waals surface area contributed by atoms with E-state index in [0.29, 0.717) is 17.2 Å². The molecule has 124 valence electrons. The Hall–Kier alpha value is -2.14. The Labute approximate surface area is 145 Å². The summed E-state index contributed by atoms with van der Waals surface area (Å²) in [5, 5.41) is 1.15. The van der Waals surface area contributed by atoms with Crippen LogP contribution in [-0.4, -0.2) is 28.9 Å². The smallest absolute Gasteiger partial charge is 0.257 e. The predicted octanol–water partition coefficient (Wildman–Crippen LogP) is 4.53. The zero-order valence-corrected chi connectivity index (χ0v) is 14.7. The fraction of sp³-hybridized carbons (Fsp3) is 0.368. The van der Waals surface area contributed by atoms with Crippen LogP contribution in [0.4, 0.5) is 0 Å². The maximum absolute atomic E-state index is 12.8. The molecule has 24 heavy (non-hydrogen) atoms. The second-order valence-corrected chi connectivity index (χ2v) is 7.50. The highest BCUT2D eigenvalue weighted by Crippen LogP contribution is 2.33. The molecule has 5 heteroatoms. The van der Waals surface area contributed by atoms with Crippen molar-refractivity contribution >= 4 is 27.5 Å². The highest BCUT2D eigenvalue weighted by Gasteiger charge is 2.29. The lowest BCUT2D eigenvalue weighted by Gasteiger charge is -2.31. The normalized spacial score (nSPS) is 18.2. The fourth-order valence-electron chi connectivity index (χ4n) is 3.44. The number of carbonyl (C=O) groups excluding carboxylic acids is 1. The van der Waals surface area contributed by atoms with Crippen molar-refractivity contribution in [3.63, 3.8) is 0 Å². The van der Waals surface area contributed by atoms with Crippen LogP contribution in [0, 0.1) is 13.8 Å². The van der Waals surface area contributed by atoms with Gasteiger partial charge in [-0.15, -0.1) is 11.3 Å². The van der Waals surface area contributed by atoms with Crippen LogP contribution in [0.25, 0.3) is 10.2 Å². The third-order valence-corrected chi connectivity index (χ3v) is 5.84. The van der Waals surface area contributed by atoms with Crippen LogP contribution in [-0.2, 0) is 0 Å². The first-order chi connectivity index (χ1) is 11.6. The third-order valence-electron chi connectivity index (χ3n) is 4.64. The van der Waals surface area contributed by atoms with E-state index in [2.05, 4.69) is 12.1 Å². The number of piperidine rings is 1. The van der Waals surface area contributed by atoms with Crippen molar-refractivity contribution in [1.82, 2.24) is 9.88 Å². The quantitative estimate of drug-likeness (QED) is 0.689. The molecule has 0 bridgehead atoms. The molecular formula is C19H20N2O2S. The lowest BCUT2D eigenvalue weighted by molar-refractivity contribution is 0.0705. The average Bonchev–Trinajstić information content (AvgIpc) is 3.17. The second-order valence-electron chi connectivity index (χ2n) is 6.44. The van der Waals surface area contributed by atoms with Crippen molar-refractivity contribution in [2.45, 2.75) is 32.6 Å². The number of hydrogen-bond donors (Lipinski definition) is 0. The standard InChI is InChI=1S/C19H20N2O2S/c1-12-10-15(13(2)23-12)19(22)21-9-5-6-14(11-21)18-20-16-7-3-4-8-17(16)24-18/h3-4,7-8,10,14H,5-6,9,11H2,1-2H3/t14-/m0/s1. The van der Waals surface area contributed by atoms with Gasteiger partial charge in [-0.3, -0.25) is 4.79 Å². The highest BCUT2D eigenvalue weighted by molar-refractivity contribution is 7.18. The molecule has 1 fully saturated rings. The Balaban J connectivity index is 1.57. The summed E-state index contributed by atoms with van der Waals surface area (Å²) in [6.07, 6.45) is 2.11. The number of hydrogen-bond acceptors (Lipinski definition) is 4. The van der Waals surface area contributed by atoms with Crippen molar-refractivity contribution in [3.8, 4) is 0 Å². The zero-order chi connectivity index (χ0) is 16.7. The van der Waals surface area contributed by atoms with Gasteiger partial charge in [0.1, 0.15) is 11.5 Å². The maximum atomic E-state index is 12.8. The van der Waals surface area contributed by atoms with Crippen molar-refractivity contribution in [1.29, 1.82) is 0 Å². The number of nitrogens with zero attached hydrogens (tertiary/aromatic N) is 2. The SMILES string of the molecule is Cc1cc(C(=O)N2CCC[C@H](c3nc4ccccc4s3)C2)c(C)o1. The molecule has 3 aromatic rings. The molecule has 0 aliphatic carbocycles. The number of para-hydroxylation sites is 1. The van der Waals surface area contributed by atoms with Gasteiger partial charge in [0.05, 0.1) is 20.8 Å². The Bertz CT molecular complexity index is 863. The molecule has 2 aromatic heterocycles. The summed E-state index contributed by atoms with van der Waals surface area (Å²) in [5.41, 5.74) is 1.75. The Kier molecular flexibility index (Phi) is 3.88. The molecule has 1 aromatic carbocycles. The summed E-state index contributed by atoms with van der Waals surface area (Å²) in [6, 6.07) is 10.1. The number of benzene rings is 1. The number of thiazole rings is 1. The summed E-state index contributed by atoms with van der Waals surface area (Å²) in [7, 11) is 0. The molecule has 1 aliphatic rings. The molecule has 1 amide bonds. The van der Waals surface area contributed by atoms with E-state index < -0.39 is 0 Å². The fourth-order valence-corrected chi connectivity index (χ4v) is 4.53. The number of amides is 1. The van der Waals surface area contributed by atoms with Crippen LogP contribution in [0.2, 0.25) is 0 Å². The highest BCUT2D eigenvalue weighted by atomic mass is 32.1. The Morgan fingerprint density at radius 3 is 2.92 bits per heavy atom. The summed E-state index contributed by atoms with van der Waals surface area (Å²) in [5.74, 6) is 1.90. The van der Waals surface area contributed by atoms with Gasteiger partial charge in [0.15, 0.2) is 0 Å². The third kappa shape index (κ3) is 2.73. The Morgan fingerprint density at radius 2 is 2.17 bits per heavy atom. The minimum absolute atomic E-state index is 0.0789. The summed E-state index contributed by atoms with van der Waals surface area (Å²) < 4.78 is 6.74. The molecule has 1 saturated heterocycles. The van der Waals surface area contributed by atoms with E-state index >= 15 is 0 Å². The van der Waals surface area contributed by atoms with Gasteiger partial charge in [-0.05, 0) is 44.9 Å². The number of likely N-dealkylation sites (tertiary alicyclic amines) is 1. The minimum atomic E-state index is 0.0789. The minimum Gasteiger partial charge on any atom is -0.466 e. The number of carbonyl (C=O) groups is 1. The van der Waals surface area contributed by atoms with Gasteiger partial charge in [-0.2, -0.15) is 0 Å². The summed E-state index contributed by atoms with van der Waals surface area (Å²) in [6.45, 7) is 5.28. The van der Waals surface area contributed by atoms with Gasteiger partial charge in [-0.25, -0.2) is 4.98 Å². The molecule has 1 atom stereocenters. The Morgan fingerprint density at radius 1 is 1.33 bits per heavy atom. The van der Waals surface area contributed by atoms with Gasteiger partial charge in [0, 0.05) is 19.0 Å². The lowest BCUT2D eigenvalue weighted by atomic mass is 9.98. The predicted molar refractivity (Wildman–Crippen MR) is 95.7 cm³/mol. The molecular weight excluding hydrogens is 320 g/mol. The van der Waals surface area contributed by atoms with E-state index in [4.69, 9.17) is 9.40 Å². The van der Waals surface area contributed by atoms with E-state index in [-0.39, 0.29) is 5.91 Å². The average molecular weight is 340 g/mol. The van der Waals surface area contributed by atoms with Crippen molar-refractivity contribution in [2.75, 3.05) is 13.1 Å². The molecule has 4 nitrogen and oxygen atoms in total. The molecule has 3 heterocycles. The van der Waals surface area contributed by atoms with Crippen molar-refractivity contribution in [3.05, 3.63) is 52.4 Å². The van der Waals surface area contributed by atoms with Crippen molar-refractivity contribution < 1.29 is 9.21 Å². The molecule has 0 spiro atoms. The zero-order valence-electron chi connectivity index (χ0n) is 13.9. The number of aryl methyl sites for hydroxylation is 2. The van der Waals surface area contributed by atoms with Crippen LogP contribution in [0.5, 0.6) is 0 Å². The van der Waals surface area contributed by atoms with Gasteiger partial charge in [-0.1, -0.05) is 12.1 Å².